The molecule has 1 N–H and O–H groups in total. The van der Waals surface area contributed by atoms with Gasteiger partial charge >= 0.3 is 0 Å². The first kappa shape index (κ1) is 12.8. The second-order valence-electron chi connectivity index (χ2n) is 6.09. The van der Waals surface area contributed by atoms with Crippen LogP contribution in [0.4, 0.5) is 0 Å². The van der Waals surface area contributed by atoms with E-state index in [1.54, 1.807) is 0 Å². The van der Waals surface area contributed by atoms with E-state index in [9.17, 15) is 5.11 Å². The molecule has 2 aliphatic rings. The van der Waals surface area contributed by atoms with Crippen LogP contribution in [-0.2, 0) is 4.74 Å². The average molecular weight is 236 g/mol. The highest BCUT2D eigenvalue weighted by Crippen LogP contribution is 2.53. The molecule has 0 amide bonds. The van der Waals surface area contributed by atoms with Gasteiger partial charge in [0.1, 0.15) is 0 Å². The minimum atomic E-state index is -0.612. The molecular weight excluding hydrogens is 212 g/mol. The van der Waals surface area contributed by atoms with E-state index in [1.165, 1.54) is 0 Å². The number of aliphatic hydroxyl groups excluding tert-OH is 1. The van der Waals surface area contributed by atoms with E-state index in [0.29, 0.717) is 5.92 Å². The van der Waals surface area contributed by atoms with Crippen LogP contribution in [0.3, 0.4) is 0 Å². The molecule has 0 bridgehead atoms. The third-order valence-corrected chi connectivity index (χ3v) is 4.90. The molecule has 1 saturated carbocycles. The molecule has 2 fully saturated rings. The molecule has 1 saturated heterocycles. The fourth-order valence-corrected chi connectivity index (χ4v) is 3.73. The van der Waals surface area contributed by atoms with Gasteiger partial charge in [-0.25, -0.2) is 0 Å². The number of fused-ring (bicyclic) bond motifs is 1. The Morgan fingerprint density at radius 2 is 2.18 bits per heavy atom. The number of rotatable bonds is 2. The summed E-state index contributed by atoms with van der Waals surface area (Å²) in [5.74, 6) is 0.967. The van der Waals surface area contributed by atoms with Gasteiger partial charge in [-0.3, -0.25) is 0 Å². The van der Waals surface area contributed by atoms with Gasteiger partial charge in [0.15, 0.2) is 6.29 Å². The maximum absolute atomic E-state index is 9.89. The lowest BCUT2D eigenvalue weighted by Crippen LogP contribution is -2.44. The van der Waals surface area contributed by atoms with E-state index in [2.05, 4.69) is 33.9 Å². The molecule has 0 spiro atoms. The number of aliphatic hydroxyl groups is 1. The number of hydrogen-bond acceptors (Lipinski definition) is 2. The number of hydrogen-bond donors (Lipinski definition) is 1. The van der Waals surface area contributed by atoms with Crippen molar-refractivity contribution in [2.75, 3.05) is 0 Å². The number of allylic oxidation sites excluding steroid dienone is 1. The Hall–Kier alpha value is -0.600. The zero-order valence-electron chi connectivity index (χ0n) is 11.1. The van der Waals surface area contributed by atoms with Crippen LogP contribution in [0.1, 0.15) is 33.6 Å². The van der Waals surface area contributed by atoms with E-state index in [0.717, 1.165) is 18.4 Å². The predicted octanol–water partition coefficient (Wildman–Crippen LogP) is 3.13. The molecule has 0 aromatic carbocycles. The van der Waals surface area contributed by atoms with Crippen molar-refractivity contribution in [3.05, 3.63) is 24.8 Å². The van der Waals surface area contributed by atoms with Gasteiger partial charge < -0.3 is 9.84 Å². The van der Waals surface area contributed by atoms with Crippen molar-refractivity contribution in [3.63, 3.8) is 0 Å². The molecule has 2 rings (SSSR count). The van der Waals surface area contributed by atoms with Crippen LogP contribution in [0.5, 0.6) is 0 Å². The predicted molar refractivity (Wildman–Crippen MR) is 69.4 cm³/mol. The summed E-state index contributed by atoms with van der Waals surface area (Å²) in [6.07, 6.45) is 3.75. The largest absolute Gasteiger partial charge is 0.368 e. The van der Waals surface area contributed by atoms with Crippen molar-refractivity contribution in [1.82, 2.24) is 0 Å². The van der Waals surface area contributed by atoms with Crippen molar-refractivity contribution < 1.29 is 9.84 Å². The average Bonchev–Trinajstić information content (AvgIpc) is 2.54. The molecule has 1 aliphatic carbocycles. The second-order valence-corrected chi connectivity index (χ2v) is 6.09. The minimum Gasteiger partial charge on any atom is -0.368 e. The fraction of sp³-hybridized carbons (Fsp3) is 0.733. The summed E-state index contributed by atoms with van der Waals surface area (Å²) in [6, 6.07) is 0. The van der Waals surface area contributed by atoms with Gasteiger partial charge in [-0.05, 0) is 31.1 Å². The SMILES string of the molecule is C=C[C@]1(C)CC[C@@H]2[C@H](OC(O)[C@H]2C)[C@H]1C(=C)C. The normalized spacial score (nSPS) is 49.8. The van der Waals surface area contributed by atoms with Crippen molar-refractivity contribution in [2.45, 2.75) is 46.0 Å². The highest BCUT2D eigenvalue weighted by atomic mass is 16.6. The standard InChI is InChI=1S/C15H24O2/c1-6-15(5)8-7-11-10(4)14(16)17-13(11)12(15)9(2)3/h6,10-14,16H,1-2,7-8H2,3-5H3/t10-,11-,12+,13-,14?,15+/m0/s1. The molecule has 0 aromatic heterocycles. The third-order valence-electron chi connectivity index (χ3n) is 4.90. The van der Waals surface area contributed by atoms with Crippen LogP contribution in [-0.4, -0.2) is 17.5 Å². The number of ether oxygens (including phenoxy) is 1. The van der Waals surface area contributed by atoms with Gasteiger partial charge in [0.2, 0.25) is 0 Å². The van der Waals surface area contributed by atoms with Crippen LogP contribution in [0.15, 0.2) is 24.8 Å². The maximum atomic E-state index is 9.89. The van der Waals surface area contributed by atoms with Crippen LogP contribution in [0.2, 0.25) is 0 Å². The van der Waals surface area contributed by atoms with E-state index >= 15 is 0 Å². The Labute approximate surface area is 104 Å². The Kier molecular flexibility index (Phi) is 3.21. The van der Waals surface area contributed by atoms with Gasteiger partial charge in [-0.2, -0.15) is 0 Å². The zero-order chi connectivity index (χ0) is 12.8. The smallest absolute Gasteiger partial charge is 0.157 e. The Balaban J connectivity index is 2.33. The zero-order valence-corrected chi connectivity index (χ0v) is 11.1. The van der Waals surface area contributed by atoms with Crippen LogP contribution in [0, 0.1) is 23.2 Å². The Bertz CT molecular complexity index is 336. The minimum absolute atomic E-state index is 0.0524. The summed E-state index contributed by atoms with van der Waals surface area (Å²) in [5, 5.41) is 9.89. The quantitative estimate of drug-likeness (QED) is 0.746. The second kappa shape index (κ2) is 4.25. The van der Waals surface area contributed by atoms with E-state index in [-0.39, 0.29) is 23.4 Å². The van der Waals surface area contributed by atoms with Gasteiger partial charge in [0.05, 0.1) is 6.10 Å². The van der Waals surface area contributed by atoms with Crippen molar-refractivity contribution >= 4 is 0 Å². The summed E-state index contributed by atoms with van der Waals surface area (Å²) >= 11 is 0. The summed E-state index contributed by atoms with van der Waals surface area (Å²) in [4.78, 5) is 0. The molecule has 96 valence electrons. The molecular formula is C15H24O2. The molecule has 6 atom stereocenters. The highest BCUT2D eigenvalue weighted by Gasteiger charge is 2.53. The summed E-state index contributed by atoms with van der Waals surface area (Å²) in [6.45, 7) is 14.5. The molecule has 1 aliphatic heterocycles. The molecule has 0 radical (unpaired) electrons. The molecule has 2 heteroatoms. The highest BCUT2D eigenvalue weighted by molar-refractivity contribution is 5.16. The van der Waals surface area contributed by atoms with E-state index in [4.69, 9.17) is 4.74 Å². The molecule has 1 heterocycles. The first-order chi connectivity index (χ1) is 7.90. The van der Waals surface area contributed by atoms with Crippen molar-refractivity contribution in [3.8, 4) is 0 Å². The topological polar surface area (TPSA) is 29.5 Å². The molecule has 1 unspecified atom stereocenters. The van der Waals surface area contributed by atoms with E-state index < -0.39 is 6.29 Å². The third kappa shape index (κ3) is 1.88. The fourth-order valence-electron chi connectivity index (χ4n) is 3.73. The van der Waals surface area contributed by atoms with Gasteiger partial charge in [-0.1, -0.05) is 32.1 Å². The monoisotopic (exact) mass is 236 g/mol. The molecule has 0 aromatic rings. The lowest BCUT2D eigenvalue weighted by molar-refractivity contribution is -0.127. The van der Waals surface area contributed by atoms with Crippen LogP contribution < -0.4 is 0 Å². The molecule has 2 nitrogen and oxygen atoms in total. The maximum Gasteiger partial charge on any atom is 0.157 e. The first-order valence-electron chi connectivity index (χ1n) is 6.53. The van der Waals surface area contributed by atoms with Crippen LogP contribution >= 0.6 is 0 Å². The van der Waals surface area contributed by atoms with Gasteiger partial charge in [0, 0.05) is 11.8 Å². The summed E-state index contributed by atoms with van der Waals surface area (Å²) in [5.41, 5.74) is 1.19. The lowest BCUT2D eigenvalue weighted by atomic mass is 9.59. The van der Waals surface area contributed by atoms with Crippen LogP contribution in [0.25, 0.3) is 0 Å². The Morgan fingerprint density at radius 1 is 1.53 bits per heavy atom. The Morgan fingerprint density at radius 3 is 2.71 bits per heavy atom. The van der Waals surface area contributed by atoms with Crippen molar-refractivity contribution in [2.24, 2.45) is 23.2 Å². The van der Waals surface area contributed by atoms with Gasteiger partial charge in [-0.15, -0.1) is 6.58 Å². The van der Waals surface area contributed by atoms with Crippen molar-refractivity contribution in [1.29, 1.82) is 0 Å². The first-order valence-corrected chi connectivity index (χ1v) is 6.53. The van der Waals surface area contributed by atoms with Gasteiger partial charge in [0.25, 0.3) is 0 Å². The lowest BCUT2D eigenvalue weighted by Gasteiger charge is -2.46. The summed E-state index contributed by atoms with van der Waals surface area (Å²) in [7, 11) is 0. The summed E-state index contributed by atoms with van der Waals surface area (Å²) < 4.78 is 5.80. The van der Waals surface area contributed by atoms with E-state index in [1.807, 2.05) is 6.08 Å². The molecule has 17 heavy (non-hydrogen) atoms.